The maximum absolute atomic E-state index is 12.0. The molecule has 1 aliphatic carbocycles. The van der Waals surface area contributed by atoms with Crippen molar-refractivity contribution in [1.82, 2.24) is 19.9 Å². The SMILES string of the molecule is Cc1cn2nc(C3(NC(=O)OC(C)(C)C)CC3)cc2[nH]c1=O. The van der Waals surface area contributed by atoms with Crippen LogP contribution in [0.5, 0.6) is 0 Å². The molecule has 22 heavy (non-hydrogen) atoms. The van der Waals surface area contributed by atoms with Gasteiger partial charge in [0, 0.05) is 17.8 Å². The molecule has 1 saturated carbocycles. The number of aryl methyl sites for hydroxylation is 1. The minimum absolute atomic E-state index is 0.135. The number of carbonyl (C=O) groups is 1. The normalized spacial score (nSPS) is 16.5. The first-order valence-electron chi connectivity index (χ1n) is 7.30. The minimum Gasteiger partial charge on any atom is -0.444 e. The van der Waals surface area contributed by atoms with Crippen molar-refractivity contribution in [1.29, 1.82) is 0 Å². The number of aromatic amines is 1. The van der Waals surface area contributed by atoms with Crippen molar-refractivity contribution < 1.29 is 9.53 Å². The topological polar surface area (TPSA) is 88.5 Å². The molecule has 0 unspecified atom stereocenters. The van der Waals surface area contributed by atoms with Crippen LogP contribution in [0.25, 0.3) is 5.65 Å². The highest BCUT2D eigenvalue weighted by Gasteiger charge is 2.48. The fourth-order valence-electron chi connectivity index (χ4n) is 2.35. The average Bonchev–Trinajstić information content (AvgIpc) is 3.01. The molecule has 2 N–H and O–H groups in total. The van der Waals surface area contributed by atoms with E-state index in [9.17, 15) is 9.59 Å². The highest BCUT2D eigenvalue weighted by atomic mass is 16.6. The Hall–Kier alpha value is -2.31. The molecule has 0 spiro atoms. The molecule has 1 amide bonds. The van der Waals surface area contributed by atoms with Gasteiger partial charge in [0.25, 0.3) is 5.56 Å². The number of hydrogen-bond acceptors (Lipinski definition) is 4. The predicted octanol–water partition coefficient (Wildman–Crippen LogP) is 1.84. The van der Waals surface area contributed by atoms with E-state index in [1.807, 2.05) is 20.8 Å². The zero-order chi connectivity index (χ0) is 16.1. The van der Waals surface area contributed by atoms with Gasteiger partial charge in [-0.3, -0.25) is 4.79 Å². The van der Waals surface area contributed by atoms with E-state index in [4.69, 9.17) is 4.74 Å². The van der Waals surface area contributed by atoms with Crippen LogP contribution in [0.3, 0.4) is 0 Å². The lowest BCUT2D eigenvalue weighted by Crippen LogP contribution is -2.39. The second-order valence-corrected chi connectivity index (χ2v) is 6.83. The molecule has 0 radical (unpaired) electrons. The third-order valence-electron chi connectivity index (χ3n) is 3.63. The second-order valence-electron chi connectivity index (χ2n) is 6.83. The largest absolute Gasteiger partial charge is 0.444 e. The van der Waals surface area contributed by atoms with Crippen LogP contribution in [-0.2, 0) is 10.3 Å². The quantitative estimate of drug-likeness (QED) is 0.886. The van der Waals surface area contributed by atoms with Gasteiger partial charge >= 0.3 is 6.09 Å². The first-order valence-corrected chi connectivity index (χ1v) is 7.30. The van der Waals surface area contributed by atoms with Gasteiger partial charge in [-0.2, -0.15) is 5.10 Å². The van der Waals surface area contributed by atoms with Crippen molar-refractivity contribution in [2.75, 3.05) is 0 Å². The number of carbonyl (C=O) groups excluding carboxylic acids is 1. The number of alkyl carbamates (subject to hydrolysis) is 1. The molecule has 2 heterocycles. The van der Waals surface area contributed by atoms with Gasteiger partial charge in [0.15, 0.2) is 0 Å². The van der Waals surface area contributed by atoms with Crippen molar-refractivity contribution in [3.8, 4) is 0 Å². The van der Waals surface area contributed by atoms with Crippen molar-refractivity contribution in [2.24, 2.45) is 0 Å². The van der Waals surface area contributed by atoms with Crippen molar-refractivity contribution >= 4 is 11.7 Å². The molecule has 118 valence electrons. The number of hydrogen-bond donors (Lipinski definition) is 2. The lowest BCUT2D eigenvalue weighted by Gasteiger charge is -2.22. The summed E-state index contributed by atoms with van der Waals surface area (Å²) in [6.45, 7) is 7.20. The van der Waals surface area contributed by atoms with E-state index in [2.05, 4.69) is 15.4 Å². The van der Waals surface area contributed by atoms with Gasteiger partial charge in [0.2, 0.25) is 0 Å². The number of nitrogens with zero attached hydrogens (tertiary/aromatic N) is 2. The van der Waals surface area contributed by atoms with Crippen molar-refractivity contribution in [3.05, 3.63) is 33.9 Å². The Morgan fingerprint density at radius 2 is 2.14 bits per heavy atom. The Kier molecular flexibility index (Phi) is 3.05. The predicted molar refractivity (Wildman–Crippen MR) is 80.8 cm³/mol. The molecule has 1 fully saturated rings. The zero-order valence-electron chi connectivity index (χ0n) is 13.2. The Morgan fingerprint density at radius 3 is 2.73 bits per heavy atom. The van der Waals surface area contributed by atoms with Crippen LogP contribution in [0.2, 0.25) is 0 Å². The molecule has 2 aromatic rings. The highest BCUT2D eigenvalue weighted by molar-refractivity contribution is 5.70. The summed E-state index contributed by atoms with van der Waals surface area (Å²) in [7, 11) is 0. The fourth-order valence-corrected chi connectivity index (χ4v) is 2.35. The monoisotopic (exact) mass is 304 g/mol. The maximum atomic E-state index is 12.0. The molecular formula is C15H20N4O3. The molecular weight excluding hydrogens is 284 g/mol. The lowest BCUT2D eigenvalue weighted by molar-refractivity contribution is 0.0493. The van der Waals surface area contributed by atoms with Gasteiger partial charge in [-0.05, 0) is 40.5 Å². The van der Waals surface area contributed by atoms with Gasteiger partial charge in [-0.25, -0.2) is 9.31 Å². The van der Waals surface area contributed by atoms with Crippen LogP contribution in [0.1, 0.15) is 44.9 Å². The average molecular weight is 304 g/mol. The van der Waals surface area contributed by atoms with Crippen LogP contribution in [0, 0.1) is 6.92 Å². The van der Waals surface area contributed by atoms with E-state index in [0.29, 0.717) is 11.2 Å². The third kappa shape index (κ3) is 2.70. The summed E-state index contributed by atoms with van der Waals surface area (Å²) >= 11 is 0. The van der Waals surface area contributed by atoms with Crippen molar-refractivity contribution in [3.63, 3.8) is 0 Å². The molecule has 0 saturated heterocycles. The summed E-state index contributed by atoms with van der Waals surface area (Å²) < 4.78 is 6.93. The molecule has 0 aliphatic heterocycles. The van der Waals surface area contributed by atoms with Gasteiger partial charge in [0.1, 0.15) is 11.2 Å². The van der Waals surface area contributed by atoms with E-state index in [1.54, 1.807) is 23.7 Å². The minimum atomic E-state index is -0.540. The summed E-state index contributed by atoms with van der Waals surface area (Å²) in [6, 6.07) is 1.80. The zero-order valence-corrected chi connectivity index (χ0v) is 13.2. The molecule has 7 heteroatoms. The van der Waals surface area contributed by atoms with Crippen LogP contribution >= 0.6 is 0 Å². The highest BCUT2D eigenvalue weighted by Crippen LogP contribution is 2.45. The molecule has 1 aliphatic rings. The van der Waals surface area contributed by atoms with E-state index in [-0.39, 0.29) is 5.56 Å². The molecule has 0 bridgehead atoms. The summed E-state index contributed by atoms with van der Waals surface area (Å²) in [6.07, 6.45) is 2.84. The van der Waals surface area contributed by atoms with Crippen LogP contribution in [0.15, 0.2) is 17.1 Å². The summed E-state index contributed by atoms with van der Waals surface area (Å²) in [4.78, 5) is 26.4. The van der Waals surface area contributed by atoms with Gasteiger partial charge in [-0.15, -0.1) is 0 Å². The standard InChI is InChI=1S/C15H20N4O3/c1-9-8-19-11(16-12(9)20)7-10(18-19)15(5-6-15)17-13(21)22-14(2,3)4/h7-8H,5-6H2,1-4H3,(H,16,20)(H,17,21). The molecule has 0 aromatic carbocycles. The van der Waals surface area contributed by atoms with Gasteiger partial charge < -0.3 is 15.0 Å². The molecule has 2 aromatic heterocycles. The summed E-state index contributed by atoms with van der Waals surface area (Å²) in [5, 5.41) is 7.38. The van der Waals surface area contributed by atoms with E-state index >= 15 is 0 Å². The number of rotatable bonds is 2. The smallest absolute Gasteiger partial charge is 0.408 e. The maximum Gasteiger partial charge on any atom is 0.408 e. The second kappa shape index (κ2) is 4.59. The Balaban J connectivity index is 1.87. The summed E-state index contributed by atoms with van der Waals surface area (Å²) in [5.41, 5.74) is 0.777. The molecule has 0 atom stereocenters. The Labute approximate surface area is 127 Å². The third-order valence-corrected chi connectivity index (χ3v) is 3.63. The number of H-pyrrole nitrogens is 1. The first-order chi connectivity index (χ1) is 10.2. The van der Waals surface area contributed by atoms with Crippen LogP contribution in [-0.4, -0.2) is 26.3 Å². The first kappa shape index (κ1) is 14.6. The van der Waals surface area contributed by atoms with Gasteiger partial charge in [-0.1, -0.05) is 0 Å². The Bertz CT molecular complexity index is 793. The van der Waals surface area contributed by atoms with Crippen molar-refractivity contribution in [2.45, 2.75) is 51.7 Å². The fraction of sp³-hybridized carbons (Fsp3) is 0.533. The van der Waals surface area contributed by atoms with E-state index < -0.39 is 17.2 Å². The van der Waals surface area contributed by atoms with Crippen LogP contribution < -0.4 is 10.9 Å². The molecule has 3 rings (SSSR count). The number of ether oxygens (including phenoxy) is 1. The number of fused-ring (bicyclic) bond motifs is 1. The van der Waals surface area contributed by atoms with Gasteiger partial charge in [0.05, 0.1) is 11.2 Å². The van der Waals surface area contributed by atoms with E-state index in [1.165, 1.54) is 0 Å². The molecule has 7 nitrogen and oxygen atoms in total. The lowest BCUT2D eigenvalue weighted by atomic mass is 10.2. The number of nitrogens with one attached hydrogen (secondary N) is 2. The summed E-state index contributed by atoms with van der Waals surface area (Å²) in [5.74, 6) is 0. The van der Waals surface area contributed by atoms with E-state index in [0.717, 1.165) is 18.5 Å². The number of amides is 1. The Morgan fingerprint density at radius 1 is 1.45 bits per heavy atom. The van der Waals surface area contributed by atoms with Crippen LogP contribution in [0.4, 0.5) is 4.79 Å². The number of aromatic nitrogens is 3.